The zero-order valence-electron chi connectivity index (χ0n) is 11.9. The Morgan fingerprint density at radius 1 is 1.45 bits per heavy atom. The summed E-state index contributed by atoms with van der Waals surface area (Å²) in [5.74, 6) is 0.0194. The molecule has 20 heavy (non-hydrogen) atoms. The van der Waals surface area contributed by atoms with Crippen LogP contribution in [0.5, 0.6) is 0 Å². The van der Waals surface area contributed by atoms with Gasteiger partial charge in [0, 0.05) is 26.2 Å². The Balaban J connectivity index is 1.76. The molecule has 0 radical (unpaired) electrons. The Kier molecular flexibility index (Phi) is 5.98. The lowest BCUT2D eigenvalue weighted by Gasteiger charge is -2.27. The fourth-order valence-corrected chi connectivity index (χ4v) is 2.43. The first-order valence-electron chi connectivity index (χ1n) is 7.09. The molecule has 1 heterocycles. The predicted octanol–water partition coefficient (Wildman–Crippen LogP) is 0.226. The lowest BCUT2D eigenvalue weighted by atomic mass is 9.94. The van der Waals surface area contributed by atoms with Crippen LogP contribution in [0.15, 0.2) is 24.3 Å². The summed E-state index contributed by atoms with van der Waals surface area (Å²) in [5.41, 5.74) is 2.68. The van der Waals surface area contributed by atoms with E-state index in [0.717, 1.165) is 13.0 Å². The van der Waals surface area contributed by atoms with Gasteiger partial charge in [0.15, 0.2) is 0 Å². The van der Waals surface area contributed by atoms with E-state index in [1.165, 1.54) is 11.1 Å². The van der Waals surface area contributed by atoms with Gasteiger partial charge in [-0.25, -0.2) is 0 Å². The van der Waals surface area contributed by atoms with Gasteiger partial charge in [-0.15, -0.1) is 0 Å². The number of methoxy groups -OCH3 is 1. The second-order valence-corrected chi connectivity index (χ2v) is 4.93. The summed E-state index contributed by atoms with van der Waals surface area (Å²) >= 11 is 0. The highest BCUT2D eigenvalue weighted by molar-refractivity contribution is 5.78. The number of fused-ring (bicyclic) bond motifs is 1. The van der Waals surface area contributed by atoms with Crippen LogP contribution >= 0.6 is 0 Å². The van der Waals surface area contributed by atoms with Crippen molar-refractivity contribution in [1.29, 1.82) is 0 Å². The van der Waals surface area contributed by atoms with Gasteiger partial charge in [0.2, 0.25) is 5.91 Å². The zero-order chi connectivity index (χ0) is 14.2. The molecule has 0 spiro atoms. The maximum atomic E-state index is 11.7. The molecule has 1 aliphatic heterocycles. The maximum Gasteiger partial charge on any atom is 0.234 e. The average molecular weight is 277 g/mol. The number of amides is 1. The summed E-state index contributed by atoms with van der Waals surface area (Å²) in [6.45, 7) is 3.22. The quantitative estimate of drug-likeness (QED) is 0.624. The zero-order valence-corrected chi connectivity index (χ0v) is 11.9. The van der Waals surface area contributed by atoms with Crippen LogP contribution in [-0.2, 0) is 16.0 Å². The Labute approximate surface area is 120 Å². The molecule has 1 unspecified atom stereocenters. The van der Waals surface area contributed by atoms with Crippen molar-refractivity contribution < 1.29 is 9.53 Å². The van der Waals surface area contributed by atoms with E-state index in [1.807, 2.05) is 6.07 Å². The summed E-state index contributed by atoms with van der Waals surface area (Å²) in [4.78, 5) is 11.7. The van der Waals surface area contributed by atoms with Gasteiger partial charge < -0.3 is 20.7 Å². The number of ether oxygens (including phenoxy) is 1. The van der Waals surface area contributed by atoms with Crippen LogP contribution < -0.4 is 16.0 Å². The summed E-state index contributed by atoms with van der Waals surface area (Å²) < 4.78 is 4.91. The number of hydrogen-bond acceptors (Lipinski definition) is 4. The number of hydrogen-bond donors (Lipinski definition) is 3. The SMILES string of the molecule is COCCNCC(=O)NCC1NCCc2ccccc21. The standard InChI is InChI=1S/C15H23N3O2/c1-20-9-8-16-11-15(19)18-10-14-13-5-3-2-4-12(13)6-7-17-14/h2-5,14,16-17H,6-11H2,1H3,(H,18,19). The third-order valence-corrected chi connectivity index (χ3v) is 3.49. The van der Waals surface area contributed by atoms with Gasteiger partial charge in [0.05, 0.1) is 13.2 Å². The number of carbonyl (C=O) groups excluding carboxylic acids is 1. The summed E-state index contributed by atoms with van der Waals surface area (Å²) in [6.07, 6.45) is 1.05. The molecule has 0 fully saturated rings. The number of benzene rings is 1. The first-order chi connectivity index (χ1) is 9.81. The van der Waals surface area contributed by atoms with E-state index in [2.05, 4.69) is 34.1 Å². The molecule has 1 aliphatic rings. The minimum Gasteiger partial charge on any atom is -0.383 e. The van der Waals surface area contributed by atoms with Gasteiger partial charge in [-0.1, -0.05) is 24.3 Å². The molecule has 1 aromatic carbocycles. The summed E-state index contributed by atoms with van der Waals surface area (Å²) in [7, 11) is 1.65. The molecule has 3 N–H and O–H groups in total. The minimum absolute atomic E-state index is 0.0194. The van der Waals surface area contributed by atoms with Crippen molar-refractivity contribution in [2.75, 3.05) is 39.9 Å². The van der Waals surface area contributed by atoms with Crippen molar-refractivity contribution in [1.82, 2.24) is 16.0 Å². The molecular weight excluding hydrogens is 254 g/mol. The highest BCUT2D eigenvalue weighted by atomic mass is 16.5. The predicted molar refractivity (Wildman–Crippen MR) is 78.6 cm³/mol. The third-order valence-electron chi connectivity index (χ3n) is 3.49. The van der Waals surface area contributed by atoms with Gasteiger partial charge in [-0.05, 0) is 24.1 Å². The van der Waals surface area contributed by atoms with Crippen LogP contribution in [0.25, 0.3) is 0 Å². The Hall–Kier alpha value is -1.43. The van der Waals surface area contributed by atoms with Crippen molar-refractivity contribution in [2.45, 2.75) is 12.5 Å². The van der Waals surface area contributed by atoms with Gasteiger partial charge in [0.1, 0.15) is 0 Å². The molecule has 5 nitrogen and oxygen atoms in total. The van der Waals surface area contributed by atoms with Crippen molar-refractivity contribution in [3.63, 3.8) is 0 Å². The van der Waals surface area contributed by atoms with Crippen molar-refractivity contribution in [2.24, 2.45) is 0 Å². The van der Waals surface area contributed by atoms with Gasteiger partial charge in [0.25, 0.3) is 0 Å². The van der Waals surface area contributed by atoms with Crippen LogP contribution in [0.4, 0.5) is 0 Å². The van der Waals surface area contributed by atoms with Gasteiger partial charge in [-0.2, -0.15) is 0 Å². The van der Waals surface area contributed by atoms with Crippen molar-refractivity contribution >= 4 is 5.91 Å². The molecule has 110 valence electrons. The largest absolute Gasteiger partial charge is 0.383 e. The second-order valence-electron chi connectivity index (χ2n) is 4.93. The molecule has 0 saturated heterocycles. The highest BCUT2D eigenvalue weighted by Crippen LogP contribution is 2.21. The molecule has 1 amide bonds. The number of rotatable bonds is 7. The van der Waals surface area contributed by atoms with E-state index in [1.54, 1.807) is 7.11 Å². The minimum atomic E-state index is 0.0194. The monoisotopic (exact) mass is 277 g/mol. The Morgan fingerprint density at radius 2 is 2.30 bits per heavy atom. The Bertz CT molecular complexity index is 437. The van der Waals surface area contributed by atoms with Crippen LogP contribution in [0.3, 0.4) is 0 Å². The highest BCUT2D eigenvalue weighted by Gasteiger charge is 2.19. The molecule has 0 bridgehead atoms. The van der Waals surface area contributed by atoms with E-state index < -0.39 is 0 Å². The molecule has 0 saturated carbocycles. The van der Waals surface area contributed by atoms with Crippen LogP contribution in [0.2, 0.25) is 0 Å². The molecule has 1 atom stereocenters. The lowest BCUT2D eigenvalue weighted by molar-refractivity contribution is -0.120. The molecule has 0 aliphatic carbocycles. The number of nitrogens with one attached hydrogen (secondary N) is 3. The fraction of sp³-hybridized carbons (Fsp3) is 0.533. The third kappa shape index (κ3) is 4.30. The van der Waals surface area contributed by atoms with E-state index in [9.17, 15) is 4.79 Å². The first kappa shape index (κ1) is 15.0. The molecule has 2 rings (SSSR count). The normalized spacial score (nSPS) is 17.6. The van der Waals surface area contributed by atoms with Crippen LogP contribution in [0, 0.1) is 0 Å². The van der Waals surface area contributed by atoms with E-state index in [-0.39, 0.29) is 11.9 Å². The van der Waals surface area contributed by atoms with Crippen molar-refractivity contribution in [3.05, 3.63) is 35.4 Å². The molecule has 1 aromatic rings. The second kappa shape index (κ2) is 7.99. The van der Waals surface area contributed by atoms with Gasteiger partial charge in [-0.3, -0.25) is 4.79 Å². The summed E-state index contributed by atoms with van der Waals surface area (Å²) in [5, 5.41) is 9.45. The Morgan fingerprint density at radius 3 is 3.15 bits per heavy atom. The lowest BCUT2D eigenvalue weighted by Crippen LogP contribution is -2.42. The van der Waals surface area contributed by atoms with Crippen LogP contribution in [-0.4, -0.2) is 45.8 Å². The van der Waals surface area contributed by atoms with E-state index >= 15 is 0 Å². The molecule has 0 aromatic heterocycles. The fourth-order valence-electron chi connectivity index (χ4n) is 2.43. The van der Waals surface area contributed by atoms with E-state index in [0.29, 0.717) is 26.2 Å². The first-order valence-corrected chi connectivity index (χ1v) is 7.09. The van der Waals surface area contributed by atoms with E-state index in [4.69, 9.17) is 4.74 Å². The maximum absolute atomic E-state index is 11.7. The van der Waals surface area contributed by atoms with Gasteiger partial charge >= 0.3 is 0 Å². The summed E-state index contributed by atoms with van der Waals surface area (Å²) in [6, 6.07) is 8.63. The topological polar surface area (TPSA) is 62.4 Å². The average Bonchev–Trinajstić information content (AvgIpc) is 2.49. The smallest absolute Gasteiger partial charge is 0.234 e. The number of carbonyl (C=O) groups is 1. The van der Waals surface area contributed by atoms with Crippen LogP contribution in [0.1, 0.15) is 17.2 Å². The molecule has 5 heteroatoms. The molecular formula is C15H23N3O2. The van der Waals surface area contributed by atoms with Crippen molar-refractivity contribution in [3.8, 4) is 0 Å².